The lowest BCUT2D eigenvalue weighted by atomic mass is 10.3. The number of fused-ring (bicyclic) bond motifs is 2. The molecule has 26 heavy (non-hydrogen) atoms. The van der Waals surface area contributed by atoms with Crippen LogP contribution in [0.3, 0.4) is 0 Å². The van der Waals surface area contributed by atoms with Gasteiger partial charge in [-0.25, -0.2) is 9.97 Å². The predicted molar refractivity (Wildman–Crippen MR) is 102 cm³/mol. The Labute approximate surface area is 155 Å². The minimum atomic E-state index is -0.449. The molecule has 0 fully saturated rings. The van der Waals surface area contributed by atoms with E-state index in [9.17, 15) is 10.1 Å². The molecular weight excluding hydrogens is 376 g/mol. The summed E-state index contributed by atoms with van der Waals surface area (Å²) in [7, 11) is 3.08. The van der Waals surface area contributed by atoms with Crippen molar-refractivity contribution in [2.45, 2.75) is 0 Å². The minimum Gasteiger partial charge on any atom is -0.497 e. The van der Waals surface area contributed by atoms with Crippen molar-refractivity contribution >= 4 is 59.1 Å². The van der Waals surface area contributed by atoms with E-state index in [1.54, 1.807) is 7.11 Å². The molecule has 0 amide bonds. The highest BCUT2D eigenvalue weighted by Gasteiger charge is 2.17. The van der Waals surface area contributed by atoms with Crippen LogP contribution in [-0.4, -0.2) is 29.1 Å². The highest BCUT2D eigenvalue weighted by Crippen LogP contribution is 2.38. The average molecular weight is 388 g/mol. The van der Waals surface area contributed by atoms with Crippen molar-refractivity contribution in [1.82, 2.24) is 9.97 Å². The molecule has 2 heterocycles. The summed E-state index contributed by atoms with van der Waals surface area (Å²) in [5.41, 5.74) is 1.37. The maximum atomic E-state index is 11.1. The zero-order valence-corrected chi connectivity index (χ0v) is 15.3. The first-order valence-corrected chi connectivity index (χ1v) is 9.05. The molecule has 8 nitrogen and oxygen atoms in total. The lowest BCUT2D eigenvalue weighted by Gasteiger charge is -1.99. The van der Waals surface area contributed by atoms with E-state index in [0.29, 0.717) is 26.2 Å². The Bertz CT molecular complexity index is 1140. The SMILES string of the molecule is COc1ccc2sc(Nc3nc4c(OC)cc([N+](=O)[O-])cc4s3)nc2c1. The molecule has 1 N–H and O–H groups in total. The van der Waals surface area contributed by atoms with Gasteiger partial charge in [-0.05, 0) is 12.1 Å². The highest BCUT2D eigenvalue weighted by molar-refractivity contribution is 7.24. The van der Waals surface area contributed by atoms with Gasteiger partial charge in [-0.3, -0.25) is 10.1 Å². The number of rotatable bonds is 5. The highest BCUT2D eigenvalue weighted by atomic mass is 32.1. The van der Waals surface area contributed by atoms with Crippen molar-refractivity contribution in [2.24, 2.45) is 0 Å². The molecule has 0 bridgehead atoms. The number of non-ortho nitro benzene ring substituents is 1. The standard InChI is InChI=1S/C16H12N4O4S2/c1-23-9-3-4-12-10(7-9)17-15(25-12)19-16-18-14-11(24-2)5-8(20(21)22)6-13(14)26-16/h3-7H,1-2H3,(H,17,18,19). The number of thiazole rings is 2. The number of hydrogen-bond donors (Lipinski definition) is 1. The van der Waals surface area contributed by atoms with Crippen molar-refractivity contribution in [2.75, 3.05) is 19.5 Å². The van der Waals surface area contributed by atoms with Crippen LogP contribution >= 0.6 is 22.7 Å². The van der Waals surface area contributed by atoms with Crippen LogP contribution in [0.2, 0.25) is 0 Å². The summed E-state index contributed by atoms with van der Waals surface area (Å²) in [5, 5.41) is 15.5. The fraction of sp³-hybridized carbons (Fsp3) is 0.125. The molecule has 132 valence electrons. The van der Waals surface area contributed by atoms with Crippen LogP contribution in [-0.2, 0) is 0 Å². The Balaban J connectivity index is 1.72. The Morgan fingerprint density at radius 2 is 1.81 bits per heavy atom. The molecular formula is C16H12N4O4S2. The quantitative estimate of drug-likeness (QED) is 0.395. The second kappa shape index (κ2) is 6.39. The number of nitrogens with zero attached hydrogens (tertiary/aromatic N) is 3. The number of anilines is 2. The zero-order chi connectivity index (χ0) is 18.3. The van der Waals surface area contributed by atoms with E-state index in [-0.39, 0.29) is 5.69 Å². The summed E-state index contributed by atoms with van der Waals surface area (Å²) in [6.45, 7) is 0. The summed E-state index contributed by atoms with van der Waals surface area (Å²) < 4.78 is 12.1. The van der Waals surface area contributed by atoms with Gasteiger partial charge in [0.15, 0.2) is 16.0 Å². The first-order chi connectivity index (χ1) is 12.6. The largest absolute Gasteiger partial charge is 0.497 e. The number of ether oxygens (including phenoxy) is 2. The third kappa shape index (κ3) is 2.89. The van der Waals surface area contributed by atoms with Gasteiger partial charge in [0.25, 0.3) is 5.69 Å². The number of hydrogen-bond acceptors (Lipinski definition) is 9. The van der Waals surface area contributed by atoms with Crippen LogP contribution in [0, 0.1) is 10.1 Å². The van der Waals surface area contributed by atoms with E-state index in [0.717, 1.165) is 16.0 Å². The summed E-state index contributed by atoms with van der Waals surface area (Å²) in [6.07, 6.45) is 0. The summed E-state index contributed by atoms with van der Waals surface area (Å²) in [5.74, 6) is 1.11. The van der Waals surface area contributed by atoms with E-state index < -0.39 is 4.92 Å². The van der Waals surface area contributed by atoms with Gasteiger partial charge >= 0.3 is 0 Å². The molecule has 0 aliphatic rings. The Kier molecular flexibility index (Phi) is 4.05. The predicted octanol–water partition coefficient (Wildman–Crippen LogP) is 4.58. The lowest BCUT2D eigenvalue weighted by molar-refractivity contribution is -0.384. The van der Waals surface area contributed by atoms with Gasteiger partial charge in [0.05, 0.1) is 40.1 Å². The number of methoxy groups -OCH3 is 2. The second-order valence-corrected chi connectivity index (χ2v) is 7.31. The number of nitro benzene ring substituents is 1. The first-order valence-electron chi connectivity index (χ1n) is 7.42. The minimum absolute atomic E-state index is 0.0309. The molecule has 4 rings (SSSR count). The van der Waals surface area contributed by atoms with Crippen molar-refractivity contribution in [3.8, 4) is 11.5 Å². The molecule has 10 heteroatoms. The van der Waals surface area contributed by atoms with Crippen LogP contribution in [0.5, 0.6) is 11.5 Å². The van der Waals surface area contributed by atoms with Gasteiger partial charge in [0.1, 0.15) is 11.3 Å². The molecule has 0 radical (unpaired) electrons. The first kappa shape index (κ1) is 16.5. The fourth-order valence-corrected chi connectivity index (χ4v) is 4.30. The topological polar surface area (TPSA) is 99.4 Å². The number of nitrogens with one attached hydrogen (secondary N) is 1. The van der Waals surface area contributed by atoms with Gasteiger partial charge < -0.3 is 14.8 Å². The van der Waals surface area contributed by atoms with Gasteiger partial charge in [-0.15, -0.1) is 0 Å². The zero-order valence-electron chi connectivity index (χ0n) is 13.7. The summed E-state index contributed by atoms with van der Waals surface area (Å²) >= 11 is 2.79. The van der Waals surface area contributed by atoms with Crippen LogP contribution < -0.4 is 14.8 Å². The third-order valence-electron chi connectivity index (χ3n) is 3.68. The Morgan fingerprint density at radius 1 is 1.04 bits per heavy atom. The molecule has 0 spiro atoms. The monoisotopic (exact) mass is 388 g/mol. The molecule has 0 aliphatic carbocycles. The van der Waals surface area contributed by atoms with Crippen molar-refractivity contribution in [1.29, 1.82) is 0 Å². The summed E-state index contributed by atoms with van der Waals surface area (Å²) in [4.78, 5) is 19.6. The lowest BCUT2D eigenvalue weighted by Crippen LogP contribution is -1.91. The third-order valence-corrected chi connectivity index (χ3v) is 5.55. The number of benzene rings is 2. The van der Waals surface area contributed by atoms with Gasteiger partial charge in [0.2, 0.25) is 0 Å². The van der Waals surface area contributed by atoms with E-state index in [2.05, 4.69) is 15.3 Å². The van der Waals surface area contributed by atoms with Crippen LogP contribution in [0.4, 0.5) is 16.0 Å². The Hall–Kier alpha value is -2.98. The van der Waals surface area contributed by atoms with Crippen LogP contribution in [0.25, 0.3) is 20.4 Å². The maximum Gasteiger partial charge on any atom is 0.274 e. The van der Waals surface area contributed by atoms with Gasteiger partial charge in [-0.1, -0.05) is 22.7 Å². The Morgan fingerprint density at radius 3 is 2.54 bits per heavy atom. The molecule has 2 aromatic carbocycles. The molecule has 0 saturated carbocycles. The smallest absolute Gasteiger partial charge is 0.274 e. The van der Waals surface area contributed by atoms with E-state index in [1.165, 1.54) is 41.9 Å². The van der Waals surface area contributed by atoms with E-state index >= 15 is 0 Å². The average Bonchev–Trinajstić information content (AvgIpc) is 3.22. The molecule has 0 unspecified atom stereocenters. The van der Waals surface area contributed by atoms with Crippen molar-refractivity contribution in [3.63, 3.8) is 0 Å². The molecule has 2 aromatic heterocycles. The summed E-state index contributed by atoms with van der Waals surface area (Å²) in [6, 6.07) is 8.55. The molecule has 0 saturated heterocycles. The maximum absolute atomic E-state index is 11.1. The van der Waals surface area contributed by atoms with E-state index in [4.69, 9.17) is 9.47 Å². The normalized spacial score (nSPS) is 11.0. The molecule has 4 aromatic rings. The second-order valence-electron chi connectivity index (χ2n) is 5.25. The number of aromatic nitrogens is 2. The van der Waals surface area contributed by atoms with Gasteiger partial charge in [-0.2, -0.15) is 0 Å². The van der Waals surface area contributed by atoms with Crippen molar-refractivity contribution < 1.29 is 14.4 Å². The van der Waals surface area contributed by atoms with Crippen LogP contribution in [0.1, 0.15) is 0 Å². The van der Waals surface area contributed by atoms with Crippen LogP contribution in [0.15, 0.2) is 30.3 Å². The van der Waals surface area contributed by atoms with Crippen molar-refractivity contribution in [3.05, 3.63) is 40.4 Å². The molecule has 0 aliphatic heterocycles. The number of nitro groups is 1. The molecule has 0 atom stereocenters. The van der Waals surface area contributed by atoms with E-state index in [1.807, 2.05) is 18.2 Å². The fourth-order valence-electron chi connectivity index (χ4n) is 2.48. The van der Waals surface area contributed by atoms with Gasteiger partial charge in [0, 0.05) is 12.1 Å².